The van der Waals surface area contributed by atoms with Gasteiger partial charge in [0.25, 0.3) is 11.8 Å². The van der Waals surface area contributed by atoms with E-state index < -0.39 is 0 Å². The highest BCUT2D eigenvalue weighted by Crippen LogP contribution is 2.65. The molecule has 6 heteroatoms. The first-order valence-corrected chi connectivity index (χ1v) is 11.0. The highest BCUT2D eigenvalue weighted by Gasteiger charge is 2.67. The number of hydrogen-bond acceptors (Lipinski definition) is 5. The van der Waals surface area contributed by atoms with Crippen LogP contribution in [0.3, 0.4) is 0 Å². The van der Waals surface area contributed by atoms with Gasteiger partial charge in [0.05, 0.1) is 29.7 Å². The van der Waals surface area contributed by atoms with Crippen LogP contribution in [0.5, 0.6) is 5.75 Å². The van der Waals surface area contributed by atoms with Crippen molar-refractivity contribution in [3.05, 3.63) is 77.4 Å². The zero-order valence-corrected chi connectivity index (χ0v) is 17.3. The topological polar surface area (TPSA) is 82.8 Å². The fourth-order valence-electron chi connectivity index (χ4n) is 5.75. The molecular formula is C26H21N3O3. The number of carbonyl (C=O) groups excluding carboxylic acids is 2. The van der Waals surface area contributed by atoms with Gasteiger partial charge in [-0.3, -0.25) is 9.59 Å². The molecule has 6 atom stereocenters. The summed E-state index contributed by atoms with van der Waals surface area (Å²) >= 11 is 0. The van der Waals surface area contributed by atoms with Crippen molar-refractivity contribution in [2.45, 2.75) is 13.0 Å². The van der Waals surface area contributed by atoms with Crippen molar-refractivity contribution in [2.24, 2.45) is 40.6 Å². The minimum atomic E-state index is -0.231. The maximum atomic E-state index is 13.0. The summed E-state index contributed by atoms with van der Waals surface area (Å²) in [7, 11) is 0. The first-order valence-electron chi connectivity index (χ1n) is 11.0. The van der Waals surface area contributed by atoms with Gasteiger partial charge < -0.3 is 4.74 Å². The first kappa shape index (κ1) is 19.0. The molecule has 2 aromatic rings. The number of amides is 2. The zero-order chi connectivity index (χ0) is 21.8. The lowest BCUT2D eigenvalue weighted by Gasteiger charge is -2.37. The Labute approximate surface area is 185 Å². The number of hydrazone groups is 1. The number of benzene rings is 2. The second-order valence-corrected chi connectivity index (χ2v) is 9.01. The van der Waals surface area contributed by atoms with Gasteiger partial charge in [0.15, 0.2) is 0 Å². The van der Waals surface area contributed by atoms with Crippen molar-refractivity contribution in [1.82, 2.24) is 5.01 Å². The van der Waals surface area contributed by atoms with Crippen molar-refractivity contribution >= 4 is 18.0 Å². The number of hydrogen-bond donors (Lipinski definition) is 0. The molecule has 7 rings (SSSR count). The highest BCUT2D eigenvalue weighted by atomic mass is 16.5. The van der Waals surface area contributed by atoms with Gasteiger partial charge in [0.2, 0.25) is 0 Å². The minimum Gasteiger partial charge on any atom is -0.489 e. The molecule has 158 valence electrons. The molecule has 32 heavy (non-hydrogen) atoms. The Hall–Kier alpha value is -3.72. The number of nitrogens with zero attached hydrogens (tertiary/aromatic N) is 3. The van der Waals surface area contributed by atoms with Crippen molar-refractivity contribution in [1.29, 1.82) is 5.26 Å². The number of rotatable bonds is 5. The van der Waals surface area contributed by atoms with Crippen LogP contribution in [0.25, 0.3) is 0 Å². The van der Waals surface area contributed by atoms with E-state index in [1.165, 1.54) is 0 Å². The molecule has 6 nitrogen and oxygen atoms in total. The third kappa shape index (κ3) is 2.89. The van der Waals surface area contributed by atoms with E-state index in [0.29, 0.717) is 29.8 Å². The fraction of sp³-hybridized carbons (Fsp3) is 0.308. The Bertz CT molecular complexity index is 1170. The van der Waals surface area contributed by atoms with Crippen LogP contribution in [-0.4, -0.2) is 23.0 Å². The third-order valence-corrected chi connectivity index (χ3v) is 7.37. The lowest BCUT2D eigenvalue weighted by Crippen LogP contribution is -2.40. The number of carbonyl (C=O) groups is 2. The smallest absolute Gasteiger partial charge is 0.254 e. The minimum absolute atomic E-state index is 0.155. The molecule has 2 aromatic carbocycles. The summed E-state index contributed by atoms with van der Waals surface area (Å²) in [6.07, 6.45) is 7.02. The lowest BCUT2D eigenvalue weighted by molar-refractivity contribution is -0.140. The largest absolute Gasteiger partial charge is 0.489 e. The quantitative estimate of drug-likeness (QED) is 0.419. The standard InChI is InChI=1S/C26H21N3O3/c27-12-16-3-1-2-4-17(16)14-32-18-7-5-15(6-8-18)13-28-29-25(30)23-19-9-10-20(22-11-21(19)22)24(23)26(29)31/h1-10,13,19-24H,11,14H2/t19-,20-,21-,22-,23+,24+/m0/s1. The van der Waals surface area contributed by atoms with Gasteiger partial charge >= 0.3 is 0 Å². The summed E-state index contributed by atoms with van der Waals surface area (Å²) in [5.41, 5.74) is 2.20. The van der Waals surface area contributed by atoms with Gasteiger partial charge in [-0.15, -0.1) is 0 Å². The molecule has 1 aliphatic heterocycles. The predicted molar refractivity (Wildman–Crippen MR) is 116 cm³/mol. The van der Waals surface area contributed by atoms with Gasteiger partial charge in [0, 0.05) is 5.56 Å². The van der Waals surface area contributed by atoms with Crippen LogP contribution in [-0.2, 0) is 16.2 Å². The predicted octanol–water partition coefficient (Wildman–Crippen LogP) is 3.52. The van der Waals surface area contributed by atoms with E-state index in [9.17, 15) is 14.9 Å². The number of allylic oxidation sites excluding steroid dienone is 2. The average Bonchev–Trinajstić information content (AvgIpc) is 3.61. The summed E-state index contributed by atoms with van der Waals surface area (Å²) in [6.45, 7) is 0.301. The van der Waals surface area contributed by atoms with E-state index in [1.807, 2.05) is 30.3 Å². The molecule has 3 fully saturated rings. The number of nitriles is 1. The van der Waals surface area contributed by atoms with E-state index in [4.69, 9.17) is 4.74 Å². The summed E-state index contributed by atoms with van der Waals surface area (Å²) in [5, 5.41) is 14.5. The van der Waals surface area contributed by atoms with E-state index in [1.54, 1.807) is 24.4 Å². The molecule has 0 unspecified atom stereocenters. The Morgan fingerprint density at radius 3 is 2.31 bits per heavy atom. The van der Waals surface area contributed by atoms with E-state index in [-0.39, 0.29) is 35.5 Å². The van der Waals surface area contributed by atoms with Crippen LogP contribution < -0.4 is 4.74 Å². The molecule has 4 aliphatic carbocycles. The molecule has 1 heterocycles. The van der Waals surface area contributed by atoms with Crippen molar-refractivity contribution in [3.8, 4) is 11.8 Å². The van der Waals surface area contributed by atoms with Crippen LogP contribution in [0.2, 0.25) is 0 Å². The summed E-state index contributed by atoms with van der Waals surface area (Å²) in [6, 6.07) is 16.8. The van der Waals surface area contributed by atoms with Gasteiger partial charge in [-0.05, 0) is 66.0 Å². The summed E-state index contributed by atoms with van der Waals surface area (Å²) in [5.74, 6) is 1.46. The third-order valence-electron chi connectivity index (χ3n) is 7.37. The summed E-state index contributed by atoms with van der Waals surface area (Å²) in [4.78, 5) is 25.9. The molecule has 2 amide bonds. The van der Waals surface area contributed by atoms with Crippen LogP contribution in [0, 0.1) is 46.8 Å². The molecule has 0 aromatic heterocycles. The van der Waals surface area contributed by atoms with Crippen molar-refractivity contribution in [2.75, 3.05) is 0 Å². The molecule has 5 aliphatic rings. The van der Waals surface area contributed by atoms with Crippen LogP contribution in [0.4, 0.5) is 0 Å². The van der Waals surface area contributed by atoms with E-state index in [2.05, 4.69) is 23.3 Å². The van der Waals surface area contributed by atoms with E-state index >= 15 is 0 Å². The SMILES string of the molecule is N#Cc1ccccc1COc1ccc(C=NN2C(=O)[C@@H]3[C@H]4C=C[C@@H]([C@@H]5C[C@@H]45)[C@H]3C2=O)cc1. The Balaban J connectivity index is 1.13. The lowest BCUT2D eigenvalue weighted by atomic mass is 9.63. The Kier molecular flexibility index (Phi) is 4.25. The molecule has 0 N–H and O–H groups in total. The van der Waals surface area contributed by atoms with Crippen molar-refractivity contribution in [3.63, 3.8) is 0 Å². The maximum absolute atomic E-state index is 13.0. The van der Waals surface area contributed by atoms with Crippen LogP contribution in [0.1, 0.15) is 23.1 Å². The molecule has 0 radical (unpaired) electrons. The van der Waals surface area contributed by atoms with Gasteiger partial charge in [0.1, 0.15) is 12.4 Å². The van der Waals surface area contributed by atoms with Crippen molar-refractivity contribution < 1.29 is 14.3 Å². The fourth-order valence-corrected chi connectivity index (χ4v) is 5.75. The highest BCUT2D eigenvalue weighted by molar-refractivity contribution is 6.06. The Morgan fingerprint density at radius 2 is 1.66 bits per heavy atom. The average molecular weight is 423 g/mol. The number of ether oxygens (including phenoxy) is 1. The monoisotopic (exact) mass is 423 g/mol. The van der Waals surface area contributed by atoms with Crippen LogP contribution in [0.15, 0.2) is 65.8 Å². The first-order chi connectivity index (χ1) is 15.7. The van der Waals surface area contributed by atoms with Gasteiger partial charge in [-0.25, -0.2) is 0 Å². The summed E-state index contributed by atoms with van der Waals surface area (Å²) < 4.78 is 5.79. The molecule has 2 bridgehead atoms. The molecule has 1 saturated heterocycles. The Morgan fingerprint density at radius 1 is 1.00 bits per heavy atom. The van der Waals surface area contributed by atoms with E-state index in [0.717, 1.165) is 22.6 Å². The zero-order valence-electron chi connectivity index (χ0n) is 17.3. The molecule has 2 saturated carbocycles. The maximum Gasteiger partial charge on any atom is 0.254 e. The normalized spacial score (nSPS) is 31.5. The van der Waals surface area contributed by atoms with Gasteiger partial charge in [-0.2, -0.15) is 15.4 Å². The van der Waals surface area contributed by atoms with Crippen LogP contribution >= 0.6 is 0 Å². The molecular weight excluding hydrogens is 402 g/mol. The second kappa shape index (κ2) is 7.16. The number of imide groups is 1. The second-order valence-electron chi connectivity index (χ2n) is 9.01. The van der Waals surface area contributed by atoms with Gasteiger partial charge in [-0.1, -0.05) is 30.4 Å². The molecule has 0 spiro atoms.